The van der Waals surface area contributed by atoms with Crippen molar-refractivity contribution < 1.29 is 0 Å². The topological polar surface area (TPSA) is 29.3 Å². The van der Waals surface area contributed by atoms with E-state index in [4.69, 9.17) is 5.73 Å². The fraction of sp³-hybridized carbons (Fsp3) is 0.667. The highest BCUT2D eigenvalue weighted by molar-refractivity contribution is 5.39. The van der Waals surface area contributed by atoms with Gasteiger partial charge in [0, 0.05) is 25.2 Å². The molecule has 0 heterocycles. The minimum absolute atomic E-state index is 0.0942. The van der Waals surface area contributed by atoms with Crippen LogP contribution in [0.5, 0.6) is 0 Å². The standard InChI is InChI=1S/C18H32N2/c1-12(2)10-20(13(3)4)11-17(19)18-15(6)8-14(5)9-16(18)7/h8-9,12-13,17H,10-11,19H2,1-7H3. The van der Waals surface area contributed by atoms with E-state index in [0.717, 1.165) is 13.1 Å². The highest BCUT2D eigenvalue weighted by atomic mass is 15.2. The molecule has 2 N–H and O–H groups in total. The first-order valence-electron chi connectivity index (χ1n) is 7.79. The van der Waals surface area contributed by atoms with Crippen molar-refractivity contribution in [2.75, 3.05) is 13.1 Å². The van der Waals surface area contributed by atoms with Crippen LogP contribution in [-0.2, 0) is 0 Å². The molecule has 0 saturated heterocycles. The summed E-state index contributed by atoms with van der Waals surface area (Å²) in [4.78, 5) is 2.49. The second-order valence-electron chi connectivity index (χ2n) is 6.86. The Hall–Kier alpha value is -0.860. The minimum Gasteiger partial charge on any atom is -0.323 e. The second-order valence-corrected chi connectivity index (χ2v) is 6.86. The fourth-order valence-corrected chi connectivity index (χ4v) is 3.09. The van der Waals surface area contributed by atoms with Crippen LogP contribution in [0, 0.1) is 26.7 Å². The SMILES string of the molecule is Cc1cc(C)c(C(N)CN(CC(C)C)C(C)C)c(C)c1. The Kier molecular flexibility index (Phi) is 6.22. The van der Waals surface area contributed by atoms with Crippen LogP contribution in [0.15, 0.2) is 12.1 Å². The lowest BCUT2D eigenvalue weighted by Gasteiger charge is -2.32. The molecule has 20 heavy (non-hydrogen) atoms. The minimum atomic E-state index is 0.0942. The summed E-state index contributed by atoms with van der Waals surface area (Å²) in [5, 5.41) is 0. The maximum Gasteiger partial charge on any atom is 0.0429 e. The Bertz CT molecular complexity index is 412. The predicted molar refractivity (Wildman–Crippen MR) is 89.1 cm³/mol. The van der Waals surface area contributed by atoms with Crippen molar-refractivity contribution in [3.63, 3.8) is 0 Å². The van der Waals surface area contributed by atoms with E-state index in [-0.39, 0.29) is 6.04 Å². The predicted octanol–water partition coefficient (Wildman–Crippen LogP) is 3.98. The van der Waals surface area contributed by atoms with Crippen molar-refractivity contribution in [2.45, 2.75) is 60.5 Å². The van der Waals surface area contributed by atoms with Gasteiger partial charge in [0.05, 0.1) is 0 Å². The number of benzene rings is 1. The van der Waals surface area contributed by atoms with Crippen LogP contribution in [0.4, 0.5) is 0 Å². The van der Waals surface area contributed by atoms with Gasteiger partial charge in [-0.05, 0) is 57.2 Å². The molecule has 0 amide bonds. The van der Waals surface area contributed by atoms with Crippen LogP contribution >= 0.6 is 0 Å². The number of aryl methyl sites for hydroxylation is 3. The van der Waals surface area contributed by atoms with Crippen molar-refractivity contribution in [1.29, 1.82) is 0 Å². The molecule has 0 aromatic heterocycles. The zero-order valence-electron chi connectivity index (χ0n) is 14.3. The van der Waals surface area contributed by atoms with Gasteiger partial charge in [0.15, 0.2) is 0 Å². The average Bonchev–Trinajstić information content (AvgIpc) is 2.25. The third kappa shape index (κ3) is 4.60. The Morgan fingerprint density at radius 1 is 0.950 bits per heavy atom. The number of nitrogens with two attached hydrogens (primary N) is 1. The molecule has 2 nitrogen and oxygen atoms in total. The monoisotopic (exact) mass is 276 g/mol. The van der Waals surface area contributed by atoms with Crippen molar-refractivity contribution in [1.82, 2.24) is 4.90 Å². The molecule has 0 aliphatic carbocycles. The van der Waals surface area contributed by atoms with E-state index in [1.54, 1.807) is 0 Å². The molecule has 1 aromatic carbocycles. The molecule has 0 spiro atoms. The lowest BCUT2D eigenvalue weighted by Crippen LogP contribution is -2.39. The van der Waals surface area contributed by atoms with Gasteiger partial charge in [0.2, 0.25) is 0 Å². The molecule has 1 unspecified atom stereocenters. The molecule has 0 aliphatic rings. The first kappa shape index (κ1) is 17.2. The van der Waals surface area contributed by atoms with Crippen LogP contribution in [0.25, 0.3) is 0 Å². The summed E-state index contributed by atoms with van der Waals surface area (Å²) in [7, 11) is 0. The molecule has 1 rings (SSSR count). The highest BCUT2D eigenvalue weighted by Gasteiger charge is 2.19. The highest BCUT2D eigenvalue weighted by Crippen LogP contribution is 2.23. The van der Waals surface area contributed by atoms with Crippen LogP contribution in [0.2, 0.25) is 0 Å². The lowest BCUT2D eigenvalue weighted by molar-refractivity contribution is 0.186. The maximum absolute atomic E-state index is 6.52. The van der Waals surface area contributed by atoms with Crippen molar-refractivity contribution in [2.24, 2.45) is 11.7 Å². The Labute approximate surface area is 125 Å². The van der Waals surface area contributed by atoms with Gasteiger partial charge >= 0.3 is 0 Å². The normalized spacial score (nSPS) is 13.6. The zero-order valence-corrected chi connectivity index (χ0v) is 14.3. The molecular weight excluding hydrogens is 244 g/mol. The van der Waals surface area contributed by atoms with E-state index in [1.165, 1.54) is 22.3 Å². The molecule has 2 heteroatoms. The molecule has 0 saturated carbocycles. The van der Waals surface area contributed by atoms with Gasteiger partial charge < -0.3 is 5.73 Å². The fourth-order valence-electron chi connectivity index (χ4n) is 3.09. The lowest BCUT2D eigenvalue weighted by atomic mass is 9.94. The summed E-state index contributed by atoms with van der Waals surface area (Å²) in [6, 6.07) is 5.11. The molecule has 0 aliphatic heterocycles. The van der Waals surface area contributed by atoms with Crippen molar-refractivity contribution >= 4 is 0 Å². The van der Waals surface area contributed by atoms with Gasteiger partial charge in [0.25, 0.3) is 0 Å². The van der Waals surface area contributed by atoms with E-state index in [1.807, 2.05) is 0 Å². The van der Waals surface area contributed by atoms with Crippen LogP contribution < -0.4 is 5.73 Å². The molecule has 1 atom stereocenters. The number of hydrogen-bond acceptors (Lipinski definition) is 2. The van der Waals surface area contributed by atoms with Crippen LogP contribution in [0.1, 0.15) is 56.0 Å². The summed E-state index contributed by atoms with van der Waals surface area (Å²) in [5.41, 5.74) is 11.8. The molecule has 0 fully saturated rings. The van der Waals surface area contributed by atoms with E-state index < -0.39 is 0 Å². The van der Waals surface area contributed by atoms with Crippen molar-refractivity contribution in [3.8, 4) is 0 Å². The summed E-state index contributed by atoms with van der Waals surface area (Å²) in [6.45, 7) is 17.6. The third-order valence-electron chi connectivity index (χ3n) is 3.87. The first-order valence-corrected chi connectivity index (χ1v) is 7.79. The third-order valence-corrected chi connectivity index (χ3v) is 3.87. The van der Waals surface area contributed by atoms with E-state index in [9.17, 15) is 0 Å². The van der Waals surface area contributed by atoms with Gasteiger partial charge in [-0.2, -0.15) is 0 Å². The molecule has 114 valence electrons. The Morgan fingerprint density at radius 2 is 1.45 bits per heavy atom. The number of nitrogens with zero attached hydrogens (tertiary/aromatic N) is 1. The largest absolute Gasteiger partial charge is 0.323 e. The van der Waals surface area contributed by atoms with Gasteiger partial charge in [-0.1, -0.05) is 31.5 Å². The average molecular weight is 276 g/mol. The summed E-state index contributed by atoms with van der Waals surface area (Å²) >= 11 is 0. The van der Waals surface area contributed by atoms with Crippen molar-refractivity contribution in [3.05, 3.63) is 34.4 Å². The summed E-state index contributed by atoms with van der Waals surface area (Å²) < 4.78 is 0. The molecular formula is C18H32N2. The smallest absolute Gasteiger partial charge is 0.0429 e. The summed E-state index contributed by atoms with van der Waals surface area (Å²) in [6.07, 6.45) is 0. The first-order chi connectivity index (χ1) is 9.22. The second kappa shape index (κ2) is 7.24. The van der Waals surface area contributed by atoms with E-state index in [0.29, 0.717) is 12.0 Å². The van der Waals surface area contributed by atoms with Crippen LogP contribution in [-0.4, -0.2) is 24.0 Å². The van der Waals surface area contributed by atoms with Gasteiger partial charge in [-0.3, -0.25) is 4.90 Å². The Balaban J connectivity index is 2.92. The number of rotatable bonds is 6. The maximum atomic E-state index is 6.52. The zero-order chi connectivity index (χ0) is 15.4. The molecule has 1 aromatic rings. The van der Waals surface area contributed by atoms with Gasteiger partial charge in [-0.25, -0.2) is 0 Å². The van der Waals surface area contributed by atoms with Gasteiger partial charge in [0.1, 0.15) is 0 Å². The van der Waals surface area contributed by atoms with E-state index in [2.05, 4.69) is 65.5 Å². The van der Waals surface area contributed by atoms with Gasteiger partial charge in [-0.15, -0.1) is 0 Å². The summed E-state index contributed by atoms with van der Waals surface area (Å²) in [5.74, 6) is 0.671. The molecule has 0 radical (unpaired) electrons. The Morgan fingerprint density at radius 3 is 1.85 bits per heavy atom. The van der Waals surface area contributed by atoms with Crippen LogP contribution in [0.3, 0.4) is 0 Å². The number of hydrogen-bond donors (Lipinski definition) is 1. The quantitative estimate of drug-likeness (QED) is 0.851. The molecule has 0 bridgehead atoms. The van der Waals surface area contributed by atoms with E-state index >= 15 is 0 Å².